The van der Waals surface area contributed by atoms with Crippen molar-refractivity contribution in [3.63, 3.8) is 0 Å². The number of halogens is 1. The number of hydrogen-bond donors (Lipinski definition) is 1. The average Bonchev–Trinajstić information content (AvgIpc) is 2.69. The minimum atomic E-state index is -0.0869. The maximum absolute atomic E-state index is 12.9. The van der Waals surface area contributed by atoms with Crippen molar-refractivity contribution in [3.05, 3.63) is 99.5 Å². The fourth-order valence-corrected chi connectivity index (χ4v) is 3.42. The molecule has 1 N–H and O–H groups in total. The minimum Gasteiger partial charge on any atom is -0.378 e. The fraction of sp³-hybridized carbons (Fsp3) is 0.240. The first-order valence-electron chi connectivity index (χ1n) is 9.64. The van der Waals surface area contributed by atoms with Crippen LogP contribution >= 0.6 is 15.9 Å². The summed E-state index contributed by atoms with van der Waals surface area (Å²) >= 11 is 3.47. The first-order chi connectivity index (χ1) is 13.4. The highest BCUT2D eigenvalue weighted by Crippen LogP contribution is 2.27. The van der Waals surface area contributed by atoms with Crippen molar-refractivity contribution in [2.45, 2.75) is 39.2 Å². The normalized spacial score (nSPS) is 12.0. The number of anilines is 1. The zero-order chi connectivity index (χ0) is 20.1. The van der Waals surface area contributed by atoms with Gasteiger partial charge in [0, 0.05) is 22.1 Å². The Bertz CT molecular complexity index is 912. The van der Waals surface area contributed by atoms with Gasteiger partial charge in [0.1, 0.15) is 0 Å². The van der Waals surface area contributed by atoms with Crippen LogP contribution < -0.4 is 5.32 Å². The van der Waals surface area contributed by atoms with Crippen LogP contribution in [0.1, 0.15) is 59.3 Å². The van der Waals surface area contributed by atoms with Gasteiger partial charge in [-0.05, 0) is 48.2 Å². The number of hydrogen-bond acceptors (Lipinski definition) is 2. The van der Waals surface area contributed by atoms with Gasteiger partial charge in [-0.2, -0.15) is 0 Å². The van der Waals surface area contributed by atoms with Crippen LogP contribution in [-0.4, -0.2) is 5.78 Å². The predicted molar refractivity (Wildman–Crippen MR) is 121 cm³/mol. The Kier molecular flexibility index (Phi) is 6.69. The lowest BCUT2D eigenvalue weighted by Gasteiger charge is -2.21. The van der Waals surface area contributed by atoms with Crippen molar-refractivity contribution in [2.24, 2.45) is 0 Å². The van der Waals surface area contributed by atoms with Crippen LogP contribution in [0.5, 0.6) is 0 Å². The summed E-state index contributed by atoms with van der Waals surface area (Å²) in [6.07, 6.45) is 0.403. The van der Waals surface area contributed by atoms with Gasteiger partial charge in [0.15, 0.2) is 5.78 Å². The highest BCUT2D eigenvalue weighted by Gasteiger charge is 2.18. The second kappa shape index (κ2) is 9.20. The van der Waals surface area contributed by atoms with Crippen molar-refractivity contribution in [2.75, 3.05) is 5.32 Å². The molecule has 2 nitrogen and oxygen atoms in total. The summed E-state index contributed by atoms with van der Waals surface area (Å²) in [4.78, 5) is 12.9. The van der Waals surface area contributed by atoms with Crippen LogP contribution in [-0.2, 0) is 0 Å². The van der Waals surface area contributed by atoms with E-state index in [-0.39, 0.29) is 11.8 Å². The Labute approximate surface area is 176 Å². The summed E-state index contributed by atoms with van der Waals surface area (Å²) in [6.45, 7) is 6.41. The third-order valence-electron chi connectivity index (χ3n) is 4.95. The SMILES string of the molecule is Cc1ccc(C(=O)CC(Nc2ccc(Br)cc2)c2ccc(C(C)C)cc2)cc1. The molecule has 1 atom stereocenters. The first-order valence-corrected chi connectivity index (χ1v) is 10.4. The second-order valence-corrected chi connectivity index (χ2v) is 8.43. The van der Waals surface area contributed by atoms with Crippen molar-refractivity contribution in [1.29, 1.82) is 0 Å². The van der Waals surface area contributed by atoms with Gasteiger partial charge in [0.05, 0.1) is 6.04 Å². The van der Waals surface area contributed by atoms with Crippen LogP contribution in [0, 0.1) is 6.92 Å². The van der Waals surface area contributed by atoms with Crippen molar-refractivity contribution < 1.29 is 4.79 Å². The van der Waals surface area contributed by atoms with Gasteiger partial charge in [-0.1, -0.05) is 83.9 Å². The smallest absolute Gasteiger partial charge is 0.165 e. The van der Waals surface area contributed by atoms with Gasteiger partial charge in [0.2, 0.25) is 0 Å². The van der Waals surface area contributed by atoms with Gasteiger partial charge in [-0.25, -0.2) is 0 Å². The number of Topliss-reactive ketones (excluding diaryl/α,β-unsaturated/α-hetero) is 1. The van der Waals surface area contributed by atoms with E-state index in [4.69, 9.17) is 0 Å². The second-order valence-electron chi connectivity index (χ2n) is 7.52. The molecule has 144 valence electrons. The Morgan fingerprint density at radius 3 is 2.00 bits per heavy atom. The molecule has 3 aromatic carbocycles. The molecule has 0 aliphatic rings. The van der Waals surface area contributed by atoms with Gasteiger partial charge >= 0.3 is 0 Å². The molecule has 3 rings (SSSR count). The van der Waals surface area contributed by atoms with Gasteiger partial charge < -0.3 is 5.32 Å². The quantitative estimate of drug-likeness (QED) is 0.394. The zero-order valence-corrected chi connectivity index (χ0v) is 18.2. The van der Waals surface area contributed by atoms with E-state index in [1.807, 2.05) is 55.5 Å². The Morgan fingerprint density at radius 1 is 0.857 bits per heavy atom. The summed E-state index contributed by atoms with van der Waals surface area (Å²) in [7, 11) is 0. The number of carbonyl (C=O) groups is 1. The molecule has 0 saturated carbocycles. The zero-order valence-electron chi connectivity index (χ0n) is 16.6. The summed E-state index contributed by atoms with van der Waals surface area (Å²) in [5.74, 6) is 0.628. The highest BCUT2D eigenvalue weighted by atomic mass is 79.9. The molecular formula is C25H26BrNO. The highest BCUT2D eigenvalue weighted by molar-refractivity contribution is 9.10. The van der Waals surface area contributed by atoms with Crippen molar-refractivity contribution in [1.82, 2.24) is 0 Å². The van der Waals surface area contributed by atoms with E-state index in [2.05, 4.69) is 59.4 Å². The van der Waals surface area contributed by atoms with Crippen molar-refractivity contribution >= 4 is 27.4 Å². The van der Waals surface area contributed by atoms with Crippen LogP contribution in [0.4, 0.5) is 5.69 Å². The summed E-state index contributed by atoms with van der Waals surface area (Å²) in [6, 6.07) is 24.4. The monoisotopic (exact) mass is 435 g/mol. The Morgan fingerprint density at radius 2 is 1.43 bits per heavy atom. The summed E-state index contributed by atoms with van der Waals surface area (Å²) in [5, 5.41) is 3.54. The van der Waals surface area contributed by atoms with Gasteiger partial charge in [-0.3, -0.25) is 4.79 Å². The molecule has 3 heteroatoms. The van der Waals surface area contributed by atoms with Crippen molar-refractivity contribution in [3.8, 4) is 0 Å². The van der Waals surface area contributed by atoms with Crippen LogP contribution in [0.25, 0.3) is 0 Å². The predicted octanol–water partition coefficient (Wildman–Crippen LogP) is 7.31. The molecular weight excluding hydrogens is 410 g/mol. The number of rotatable bonds is 7. The molecule has 0 aromatic heterocycles. The molecule has 0 heterocycles. The average molecular weight is 436 g/mol. The minimum absolute atomic E-state index is 0.0869. The van der Waals surface area contributed by atoms with E-state index in [0.29, 0.717) is 12.3 Å². The summed E-state index contributed by atoms with van der Waals surface area (Å²) in [5.41, 5.74) is 5.33. The van der Waals surface area contributed by atoms with E-state index >= 15 is 0 Å². The number of carbonyl (C=O) groups excluding carboxylic acids is 1. The maximum Gasteiger partial charge on any atom is 0.165 e. The Balaban J connectivity index is 1.85. The number of nitrogens with one attached hydrogen (secondary N) is 1. The van der Waals surface area contributed by atoms with E-state index in [1.165, 1.54) is 5.56 Å². The molecule has 0 aliphatic heterocycles. The lowest BCUT2D eigenvalue weighted by molar-refractivity contribution is 0.0976. The standard InChI is InChI=1S/C25H26BrNO/c1-17(2)19-8-10-20(11-9-19)24(27-23-14-12-22(26)13-15-23)16-25(28)21-6-4-18(3)5-7-21/h4-15,17,24,27H,16H2,1-3H3. The van der Waals surface area contributed by atoms with Gasteiger partial charge in [-0.15, -0.1) is 0 Å². The Hall–Kier alpha value is -2.39. The molecule has 28 heavy (non-hydrogen) atoms. The van der Waals surface area contributed by atoms with E-state index < -0.39 is 0 Å². The van der Waals surface area contributed by atoms with Crippen LogP contribution in [0.3, 0.4) is 0 Å². The molecule has 0 spiro atoms. The number of ketones is 1. The molecule has 0 amide bonds. The topological polar surface area (TPSA) is 29.1 Å². The van der Waals surface area contributed by atoms with E-state index in [0.717, 1.165) is 26.9 Å². The summed E-state index contributed by atoms with van der Waals surface area (Å²) < 4.78 is 1.03. The molecule has 3 aromatic rings. The molecule has 0 radical (unpaired) electrons. The van der Waals surface area contributed by atoms with Gasteiger partial charge in [0.25, 0.3) is 0 Å². The van der Waals surface area contributed by atoms with E-state index in [9.17, 15) is 4.79 Å². The van der Waals surface area contributed by atoms with Crippen LogP contribution in [0.15, 0.2) is 77.3 Å². The fourth-order valence-electron chi connectivity index (χ4n) is 3.16. The lowest BCUT2D eigenvalue weighted by atomic mass is 9.94. The molecule has 0 fully saturated rings. The lowest BCUT2D eigenvalue weighted by Crippen LogP contribution is -2.16. The first kappa shape index (κ1) is 20.3. The molecule has 0 aliphatic carbocycles. The molecule has 1 unspecified atom stereocenters. The number of aryl methyl sites for hydroxylation is 1. The largest absolute Gasteiger partial charge is 0.378 e. The van der Waals surface area contributed by atoms with Crippen LogP contribution in [0.2, 0.25) is 0 Å². The number of benzene rings is 3. The van der Waals surface area contributed by atoms with E-state index in [1.54, 1.807) is 0 Å². The maximum atomic E-state index is 12.9. The third kappa shape index (κ3) is 5.32. The molecule has 0 bridgehead atoms. The molecule has 0 saturated heterocycles. The third-order valence-corrected chi connectivity index (χ3v) is 5.48.